The Hall–Kier alpha value is -1.55. The lowest BCUT2D eigenvalue weighted by molar-refractivity contribution is 0.274. The molecule has 3 N–H and O–H groups in total. The summed E-state index contributed by atoms with van der Waals surface area (Å²) in [6.07, 6.45) is 6.03. The fourth-order valence-electron chi connectivity index (χ4n) is 3.65. The number of nitrogens with one attached hydrogen (secondary N) is 1. The molecule has 2 aromatic rings. The van der Waals surface area contributed by atoms with Crippen molar-refractivity contribution in [2.75, 3.05) is 0 Å². The summed E-state index contributed by atoms with van der Waals surface area (Å²) in [6, 6.07) is 2.72. The summed E-state index contributed by atoms with van der Waals surface area (Å²) in [5.41, 5.74) is 11.9. The van der Waals surface area contributed by atoms with Gasteiger partial charge in [-0.15, -0.1) is 0 Å². The minimum Gasteiger partial charge on any atom is -0.341 e. The predicted molar refractivity (Wildman–Crippen MR) is 80.6 cm³/mol. The topological polar surface area (TPSA) is 59.6 Å². The molecule has 4 heteroatoms. The molecule has 0 bridgehead atoms. The summed E-state index contributed by atoms with van der Waals surface area (Å²) in [5.74, 6) is 0. The van der Waals surface area contributed by atoms with Crippen LogP contribution in [-0.4, -0.2) is 14.8 Å². The molecule has 2 unspecified atom stereocenters. The van der Waals surface area contributed by atoms with Gasteiger partial charge < -0.3 is 10.3 Å². The molecule has 2 aromatic heterocycles. The molecule has 0 radical (unpaired) electrons. The molecule has 2 atom stereocenters. The standard InChI is InChI=1S/C16H24N4/c1-10-5-13-14(17)6-16(3,4)7-15(13)20(10)11(2)12-8-18-19-9-12/h5,8-9,11,14H,6-7,17H2,1-4H3,(H,18,19). The van der Waals surface area contributed by atoms with Crippen LogP contribution in [0.1, 0.15) is 61.8 Å². The summed E-state index contributed by atoms with van der Waals surface area (Å²) >= 11 is 0. The molecule has 0 saturated heterocycles. The SMILES string of the molecule is Cc1cc2c(n1C(C)c1cn[nH]c1)CC(C)(C)CC2N. The number of hydrogen-bond acceptors (Lipinski definition) is 2. The third-order valence-corrected chi connectivity index (χ3v) is 4.58. The first-order chi connectivity index (χ1) is 9.39. The van der Waals surface area contributed by atoms with Gasteiger partial charge in [0.05, 0.1) is 12.2 Å². The third kappa shape index (κ3) is 2.08. The molecule has 1 aliphatic rings. The zero-order chi connectivity index (χ0) is 14.5. The molecule has 0 aliphatic heterocycles. The van der Waals surface area contributed by atoms with E-state index in [2.05, 4.69) is 48.5 Å². The van der Waals surface area contributed by atoms with Gasteiger partial charge in [0.2, 0.25) is 0 Å². The fourth-order valence-corrected chi connectivity index (χ4v) is 3.65. The number of nitrogens with zero attached hydrogens (tertiary/aromatic N) is 2. The van der Waals surface area contributed by atoms with E-state index < -0.39 is 0 Å². The molecule has 2 heterocycles. The van der Waals surface area contributed by atoms with Crippen molar-refractivity contribution in [3.63, 3.8) is 0 Å². The average molecular weight is 272 g/mol. The van der Waals surface area contributed by atoms with E-state index in [4.69, 9.17) is 5.73 Å². The first-order valence-corrected chi connectivity index (χ1v) is 7.34. The molecule has 0 fully saturated rings. The molecular weight excluding hydrogens is 248 g/mol. The van der Waals surface area contributed by atoms with Crippen LogP contribution in [0, 0.1) is 12.3 Å². The predicted octanol–water partition coefficient (Wildman–Crippen LogP) is 3.10. The van der Waals surface area contributed by atoms with Crippen molar-refractivity contribution in [3.8, 4) is 0 Å². The molecule has 1 aliphatic carbocycles. The first-order valence-electron chi connectivity index (χ1n) is 7.34. The first kappa shape index (κ1) is 13.4. The van der Waals surface area contributed by atoms with Crippen molar-refractivity contribution in [3.05, 3.63) is 41.0 Å². The van der Waals surface area contributed by atoms with Gasteiger partial charge in [0.1, 0.15) is 0 Å². The van der Waals surface area contributed by atoms with Crippen molar-refractivity contribution in [2.45, 2.75) is 52.6 Å². The van der Waals surface area contributed by atoms with Crippen molar-refractivity contribution in [2.24, 2.45) is 11.1 Å². The monoisotopic (exact) mass is 272 g/mol. The lowest BCUT2D eigenvalue weighted by Gasteiger charge is -2.35. The largest absolute Gasteiger partial charge is 0.341 e. The highest BCUT2D eigenvalue weighted by Gasteiger charge is 2.34. The third-order valence-electron chi connectivity index (χ3n) is 4.58. The Morgan fingerprint density at radius 1 is 1.50 bits per heavy atom. The molecule has 20 heavy (non-hydrogen) atoms. The van der Waals surface area contributed by atoms with Crippen molar-refractivity contribution in [1.82, 2.24) is 14.8 Å². The van der Waals surface area contributed by atoms with Crippen LogP contribution in [0.3, 0.4) is 0 Å². The van der Waals surface area contributed by atoms with Crippen molar-refractivity contribution >= 4 is 0 Å². The Kier molecular flexibility index (Phi) is 3.01. The van der Waals surface area contributed by atoms with Crippen LogP contribution in [0.2, 0.25) is 0 Å². The average Bonchev–Trinajstić information content (AvgIpc) is 2.94. The van der Waals surface area contributed by atoms with Crippen LogP contribution >= 0.6 is 0 Å². The van der Waals surface area contributed by atoms with E-state index in [1.165, 1.54) is 22.5 Å². The van der Waals surface area contributed by atoms with E-state index >= 15 is 0 Å². The fraction of sp³-hybridized carbons (Fsp3) is 0.562. The number of nitrogens with two attached hydrogens (primary N) is 1. The highest BCUT2D eigenvalue weighted by Crippen LogP contribution is 2.42. The van der Waals surface area contributed by atoms with Crippen LogP contribution in [0.25, 0.3) is 0 Å². The van der Waals surface area contributed by atoms with E-state index in [0.717, 1.165) is 12.8 Å². The Balaban J connectivity index is 2.09. The molecule has 0 aromatic carbocycles. The maximum absolute atomic E-state index is 6.39. The molecular formula is C16H24N4. The van der Waals surface area contributed by atoms with Gasteiger partial charge in [-0.2, -0.15) is 5.10 Å². The van der Waals surface area contributed by atoms with E-state index in [9.17, 15) is 0 Å². The van der Waals surface area contributed by atoms with Gasteiger partial charge in [0.25, 0.3) is 0 Å². The zero-order valence-electron chi connectivity index (χ0n) is 12.8. The summed E-state index contributed by atoms with van der Waals surface area (Å²) in [7, 11) is 0. The van der Waals surface area contributed by atoms with Crippen LogP contribution in [0.4, 0.5) is 0 Å². The van der Waals surface area contributed by atoms with Gasteiger partial charge in [-0.05, 0) is 43.7 Å². The smallest absolute Gasteiger partial charge is 0.0588 e. The van der Waals surface area contributed by atoms with E-state index in [1.54, 1.807) is 0 Å². The minimum absolute atomic E-state index is 0.158. The second kappa shape index (κ2) is 4.48. The highest BCUT2D eigenvalue weighted by atomic mass is 15.1. The van der Waals surface area contributed by atoms with Gasteiger partial charge in [-0.25, -0.2) is 0 Å². The number of H-pyrrole nitrogens is 1. The molecule has 4 nitrogen and oxygen atoms in total. The van der Waals surface area contributed by atoms with Crippen LogP contribution in [0.5, 0.6) is 0 Å². The van der Waals surface area contributed by atoms with Crippen LogP contribution in [0.15, 0.2) is 18.5 Å². The second-order valence-corrected chi connectivity index (χ2v) is 6.92. The van der Waals surface area contributed by atoms with E-state index in [0.29, 0.717) is 6.04 Å². The van der Waals surface area contributed by atoms with Gasteiger partial charge in [-0.1, -0.05) is 13.8 Å². The Morgan fingerprint density at radius 3 is 2.90 bits per heavy atom. The summed E-state index contributed by atoms with van der Waals surface area (Å²) in [4.78, 5) is 0. The summed E-state index contributed by atoms with van der Waals surface area (Å²) < 4.78 is 2.43. The van der Waals surface area contributed by atoms with Gasteiger partial charge in [0.15, 0.2) is 0 Å². The summed E-state index contributed by atoms with van der Waals surface area (Å²) in [5, 5.41) is 6.98. The normalized spacial score (nSPS) is 22.6. The Morgan fingerprint density at radius 2 is 2.25 bits per heavy atom. The second-order valence-electron chi connectivity index (χ2n) is 6.92. The van der Waals surface area contributed by atoms with Crippen LogP contribution < -0.4 is 5.73 Å². The van der Waals surface area contributed by atoms with Crippen molar-refractivity contribution in [1.29, 1.82) is 0 Å². The molecule has 0 amide bonds. The number of fused-ring (bicyclic) bond motifs is 1. The molecule has 0 saturated carbocycles. The zero-order valence-corrected chi connectivity index (χ0v) is 12.8. The Labute approximate surface area is 120 Å². The Bertz CT molecular complexity index is 607. The maximum atomic E-state index is 6.39. The van der Waals surface area contributed by atoms with Gasteiger partial charge >= 0.3 is 0 Å². The number of rotatable bonds is 2. The maximum Gasteiger partial charge on any atom is 0.0588 e. The van der Waals surface area contributed by atoms with Crippen molar-refractivity contribution < 1.29 is 0 Å². The molecule has 3 rings (SSSR count). The van der Waals surface area contributed by atoms with E-state index in [-0.39, 0.29) is 11.5 Å². The lowest BCUT2D eigenvalue weighted by atomic mass is 9.74. The quantitative estimate of drug-likeness (QED) is 0.882. The summed E-state index contributed by atoms with van der Waals surface area (Å²) in [6.45, 7) is 9.02. The number of hydrogen-bond donors (Lipinski definition) is 2. The molecule has 0 spiro atoms. The lowest BCUT2D eigenvalue weighted by Crippen LogP contribution is -2.31. The number of aryl methyl sites for hydroxylation is 1. The number of aromatic nitrogens is 3. The van der Waals surface area contributed by atoms with E-state index in [1.807, 2.05) is 12.4 Å². The number of aromatic amines is 1. The highest BCUT2D eigenvalue weighted by molar-refractivity contribution is 5.36. The van der Waals surface area contributed by atoms with Gasteiger partial charge in [-0.3, -0.25) is 5.10 Å². The molecule has 108 valence electrons. The minimum atomic E-state index is 0.158. The van der Waals surface area contributed by atoms with Gasteiger partial charge in [0, 0.05) is 29.2 Å². The van der Waals surface area contributed by atoms with Crippen LogP contribution in [-0.2, 0) is 6.42 Å².